The number of carbonyl (C=O) groups excluding carboxylic acids is 1. The number of hydrogen-bond donors (Lipinski definition) is 2. The monoisotopic (exact) mass is 186 g/mol. The van der Waals surface area contributed by atoms with E-state index < -0.39 is 16.8 Å². The third-order valence-electron chi connectivity index (χ3n) is 1.09. The highest BCUT2D eigenvalue weighted by Gasteiger charge is 2.04. The molecule has 0 bridgehead atoms. The fourth-order valence-electron chi connectivity index (χ4n) is 0.637. The third-order valence-corrected chi connectivity index (χ3v) is 1.48. The van der Waals surface area contributed by atoms with Crippen molar-refractivity contribution in [3.63, 3.8) is 0 Å². The number of thiol groups is 1. The fourth-order valence-corrected chi connectivity index (χ4v) is 0.918. The van der Waals surface area contributed by atoms with E-state index in [-0.39, 0.29) is 5.69 Å². The number of nitrogens with zero attached hydrogens (tertiary/aromatic N) is 1. The Labute approximate surface area is 70.5 Å². The molecule has 0 aliphatic carbocycles. The number of carbonyl (C=O) groups is 1. The molecule has 0 unspecified atom stereocenters. The quantitative estimate of drug-likeness (QED) is 0.601. The van der Waals surface area contributed by atoms with Crippen LogP contribution < -0.4 is 4.72 Å². The summed E-state index contributed by atoms with van der Waals surface area (Å²) < 4.78 is 21.8. The molecule has 1 rings (SSSR count). The van der Waals surface area contributed by atoms with Crippen LogP contribution in [0.3, 0.4) is 0 Å². The van der Waals surface area contributed by atoms with Crippen molar-refractivity contribution in [3.05, 3.63) is 30.1 Å². The smallest absolute Gasteiger partial charge is 0.266 e. The van der Waals surface area contributed by atoms with Crippen molar-refractivity contribution >= 4 is 16.8 Å². The normalized spacial score (nSPS) is 9.75. The van der Waals surface area contributed by atoms with Gasteiger partial charge in [-0.05, 0) is 12.1 Å². The summed E-state index contributed by atoms with van der Waals surface area (Å²) in [7, 11) is -2.90. The van der Waals surface area contributed by atoms with Crippen LogP contribution in [0.5, 0.6) is 0 Å². The highest BCUT2D eigenvalue weighted by molar-refractivity contribution is 7.71. The zero-order chi connectivity index (χ0) is 8.97. The lowest BCUT2D eigenvalue weighted by molar-refractivity contribution is 0.0977. The summed E-state index contributed by atoms with van der Waals surface area (Å²) in [4.78, 5) is 14.5. The Morgan fingerprint density at radius 3 is 2.67 bits per heavy atom. The Balaban J connectivity index is 2.79. The molecule has 0 atom stereocenters. The second-order valence-electron chi connectivity index (χ2n) is 1.91. The van der Waals surface area contributed by atoms with Gasteiger partial charge in [0, 0.05) is 6.20 Å². The first-order valence-corrected chi connectivity index (χ1v) is 4.24. The van der Waals surface area contributed by atoms with Crippen LogP contribution in [-0.2, 0) is 10.9 Å². The van der Waals surface area contributed by atoms with Gasteiger partial charge in [0.15, 0.2) is 0 Å². The molecular weight excluding hydrogens is 180 g/mol. The molecule has 6 heteroatoms. The van der Waals surface area contributed by atoms with Crippen LogP contribution in [0.1, 0.15) is 10.5 Å². The summed E-state index contributed by atoms with van der Waals surface area (Å²) in [6, 6.07) is 4.65. The van der Waals surface area contributed by atoms with E-state index in [4.69, 9.17) is 0 Å². The minimum atomic E-state index is -2.90. The molecule has 1 heterocycles. The number of hydrogen-bond acceptors (Lipinski definition) is 4. The van der Waals surface area contributed by atoms with Gasteiger partial charge in [-0.1, -0.05) is 6.07 Å². The van der Waals surface area contributed by atoms with Gasteiger partial charge < -0.3 is 0 Å². The average molecular weight is 186 g/mol. The van der Waals surface area contributed by atoms with E-state index in [1.165, 1.54) is 12.3 Å². The Morgan fingerprint density at radius 1 is 1.42 bits per heavy atom. The molecule has 0 aliphatic heterocycles. The lowest BCUT2D eigenvalue weighted by Gasteiger charge is -1.94. The molecule has 12 heavy (non-hydrogen) atoms. The van der Waals surface area contributed by atoms with Crippen molar-refractivity contribution in [2.75, 3.05) is 0 Å². The molecule has 64 valence electrons. The second kappa shape index (κ2) is 3.82. The Hall–Kier alpha value is -1.43. The topological polar surface area (TPSA) is 76.1 Å². The van der Waals surface area contributed by atoms with E-state index in [2.05, 4.69) is 4.98 Å². The molecule has 1 amide bonds. The number of pyridine rings is 1. The van der Waals surface area contributed by atoms with Crippen LogP contribution in [0.4, 0.5) is 0 Å². The van der Waals surface area contributed by atoms with Gasteiger partial charge in [0.25, 0.3) is 5.91 Å². The maximum Gasteiger partial charge on any atom is 0.283 e. The Kier molecular flexibility index (Phi) is 2.76. The second-order valence-corrected chi connectivity index (χ2v) is 2.65. The molecule has 0 saturated carbocycles. The van der Waals surface area contributed by atoms with E-state index >= 15 is 0 Å². The van der Waals surface area contributed by atoms with Gasteiger partial charge in [0.05, 0.1) is 0 Å². The van der Waals surface area contributed by atoms with Crippen molar-refractivity contribution < 1.29 is 13.2 Å². The SMILES string of the molecule is O=C(N[SH](=O)=O)c1ccccn1. The van der Waals surface area contributed by atoms with E-state index in [1.807, 2.05) is 0 Å². The lowest BCUT2D eigenvalue weighted by atomic mass is 10.3. The number of nitrogens with one attached hydrogen (secondary N) is 1. The van der Waals surface area contributed by atoms with Gasteiger partial charge in [0.1, 0.15) is 5.69 Å². The maximum absolute atomic E-state index is 10.9. The Bertz CT molecular complexity index is 339. The summed E-state index contributed by atoms with van der Waals surface area (Å²) in [5.74, 6) is -0.716. The predicted octanol–water partition coefficient (Wildman–Crippen LogP) is -0.662. The zero-order valence-corrected chi connectivity index (χ0v) is 6.82. The molecule has 0 fully saturated rings. The molecule has 0 saturated heterocycles. The van der Waals surface area contributed by atoms with Crippen molar-refractivity contribution in [2.45, 2.75) is 0 Å². The number of aromatic nitrogens is 1. The number of rotatable bonds is 2. The molecule has 1 aromatic heterocycles. The van der Waals surface area contributed by atoms with E-state index in [0.29, 0.717) is 0 Å². The maximum atomic E-state index is 10.9. The summed E-state index contributed by atoms with van der Waals surface area (Å²) in [5.41, 5.74) is 0.0803. The van der Waals surface area contributed by atoms with Crippen LogP contribution in [0, 0.1) is 0 Å². The minimum Gasteiger partial charge on any atom is -0.266 e. The first-order chi connectivity index (χ1) is 5.70. The van der Waals surface area contributed by atoms with Gasteiger partial charge in [0.2, 0.25) is 10.9 Å². The van der Waals surface area contributed by atoms with Gasteiger partial charge >= 0.3 is 0 Å². The van der Waals surface area contributed by atoms with Gasteiger partial charge in [-0.2, -0.15) is 0 Å². The molecule has 1 N–H and O–H groups in total. The summed E-state index contributed by atoms with van der Waals surface area (Å²) >= 11 is 0. The van der Waals surface area contributed by atoms with Gasteiger partial charge in [-0.3, -0.25) is 9.78 Å². The summed E-state index contributed by atoms with van der Waals surface area (Å²) in [6.07, 6.45) is 1.41. The standard InChI is InChI=1S/C6H6N2O3S/c9-6(8-12(10)11)5-3-1-2-4-7-5/h1-4,12H,(H,8,9,10,11). The van der Waals surface area contributed by atoms with Crippen molar-refractivity contribution in [1.82, 2.24) is 9.71 Å². The van der Waals surface area contributed by atoms with Gasteiger partial charge in [-0.15, -0.1) is 0 Å². The van der Waals surface area contributed by atoms with E-state index in [1.54, 1.807) is 16.9 Å². The summed E-state index contributed by atoms with van der Waals surface area (Å²) in [5, 5.41) is 0. The van der Waals surface area contributed by atoms with E-state index in [9.17, 15) is 13.2 Å². The fraction of sp³-hybridized carbons (Fsp3) is 0. The summed E-state index contributed by atoms with van der Waals surface area (Å²) in [6.45, 7) is 0. The minimum absolute atomic E-state index is 0.0803. The van der Waals surface area contributed by atoms with Crippen molar-refractivity contribution in [3.8, 4) is 0 Å². The largest absolute Gasteiger partial charge is 0.283 e. The van der Waals surface area contributed by atoms with Crippen LogP contribution >= 0.6 is 0 Å². The van der Waals surface area contributed by atoms with Gasteiger partial charge in [-0.25, -0.2) is 13.1 Å². The third kappa shape index (κ3) is 2.31. The lowest BCUT2D eigenvalue weighted by Crippen LogP contribution is -2.22. The van der Waals surface area contributed by atoms with Crippen molar-refractivity contribution in [2.24, 2.45) is 0 Å². The Morgan fingerprint density at radius 2 is 2.17 bits per heavy atom. The van der Waals surface area contributed by atoms with Crippen molar-refractivity contribution in [1.29, 1.82) is 0 Å². The zero-order valence-electron chi connectivity index (χ0n) is 5.93. The molecule has 1 aromatic rings. The molecular formula is C6H6N2O3S. The van der Waals surface area contributed by atoms with Crippen LogP contribution in [0.2, 0.25) is 0 Å². The van der Waals surface area contributed by atoms with Crippen LogP contribution in [0.25, 0.3) is 0 Å². The molecule has 0 aliphatic rings. The molecule has 0 radical (unpaired) electrons. The predicted molar refractivity (Wildman–Crippen MR) is 42.0 cm³/mol. The first kappa shape index (κ1) is 8.66. The average Bonchev–Trinajstić information content (AvgIpc) is 2.05. The number of amides is 1. The van der Waals surface area contributed by atoms with Crippen LogP contribution in [-0.4, -0.2) is 19.3 Å². The first-order valence-electron chi connectivity index (χ1n) is 3.06. The van der Waals surface area contributed by atoms with E-state index in [0.717, 1.165) is 0 Å². The molecule has 5 nitrogen and oxygen atoms in total. The molecule has 0 aromatic carbocycles. The highest BCUT2D eigenvalue weighted by atomic mass is 32.2. The molecule has 0 spiro atoms. The van der Waals surface area contributed by atoms with Crippen LogP contribution in [0.15, 0.2) is 24.4 Å². The highest BCUT2D eigenvalue weighted by Crippen LogP contribution is 1.91.